The molecule has 3 rings (SSSR count). The van der Waals surface area contributed by atoms with Gasteiger partial charge in [-0.15, -0.1) is 24.0 Å². The van der Waals surface area contributed by atoms with Gasteiger partial charge in [0.25, 0.3) is 0 Å². The van der Waals surface area contributed by atoms with E-state index in [1.165, 1.54) is 11.1 Å². The molecule has 1 N–H and O–H groups in total. The highest BCUT2D eigenvalue weighted by molar-refractivity contribution is 14.0. The van der Waals surface area contributed by atoms with Crippen LogP contribution >= 0.6 is 24.0 Å². The molecule has 2 aromatic carbocycles. The summed E-state index contributed by atoms with van der Waals surface area (Å²) in [5.74, 6) is 1.78. The molecule has 0 amide bonds. The maximum atomic E-state index is 5.52. The molecular formula is C23H31IN6O. The fourth-order valence-electron chi connectivity index (χ4n) is 3.17. The third-order valence-corrected chi connectivity index (χ3v) is 4.56. The summed E-state index contributed by atoms with van der Waals surface area (Å²) in [5.41, 5.74) is 3.56. The van der Waals surface area contributed by atoms with Crippen LogP contribution in [0.1, 0.15) is 30.5 Å². The number of ether oxygens (including phenoxy) is 1. The second-order valence-corrected chi connectivity index (χ2v) is 7.02. The molecule has 8 heteroatoms. The Kier molecular flexibility index (Phi) is 10.3. The Balaban J connectivity index is 0.00000341. The van der Waals surface area contributed by atoms with E-state index in [0.717, 1.165) is 30.4 Å². The van der Waals surface area contributed by atoms with E-state index in [0.29, 0.717) is 19.7 Å². The molecule has 0 saturated carbocycles. The Hall–Kier alpha value is -2.62. The van der Waals surface area contributed by atoms with E-state index in [-0.39, 0.29) is 24.0 Å². The van der Waals surface area contributed by atoms with Crippen LogP contribution in [0.2, 0.25) is 0 Å². The van der Waals surface area contributed by atoms with E-state index < -0.39 is 0 Å². The van der Waals surface area contributed by atoms with Crippen LogP contribution in [0.4, 0.5) is 0 Å². The predicted molar refractivity (Wildman–Crippen MR) is 135 cm³/mol. The predicted octanol–water partition coefficient (Wildman–Crippen LogP) is 3.94. The van der Waals surface area contributed by atoms with Gasteiger partial charge in [0.15, 0.2) is 5.96 Å². The molecule has 0 unspecified atom stereocenters. The summed E-state index contributed by atoms with van der Waals surface area (Å²) in [7, 11) is 2.05. The van der Waals surface area contributed by atoms with Crippen molar-refractivity contribution in [2.45, 2.75) is 33.5 Å². The van der Waals surface area contributed by atoms with Crippen molar-refractivity contribution in [1.82, 2.24) is 25.0 Å². The number of benzene rings is 2. The monoisotopic (exact) mass is 534 g/mol. The highest BCUT2D eigenvalue weighted by Crippen LogP contribution is 2.14. The number of rotatable bonds is 9. The summed E-state index contributed by atoms with van der Waals surface area (Å²) in [4.78, 5) is 11.0. The van der Waals surface area contributed by atoms with Crippen LogP contribution in [0.25, 0.3) is 0 Å². The maximum Gasteiger partial charge on any atom is 0.194 e. The zero-order chi connectivity index (χ0) is 21.2. The Bertz CT molecular complexity index is 928. The van der Waals surface area contributed by atoms with Crippen LogP contribution < -0.4 is 10.1 Å². The van der Waals surface area contributed by atoms with Gasteiger partial charge in [-0.05, 0) is 42.7 Å². The summed E-state index contributed by atoms with van der Waals surface area (Å²) in [5, 5.41) is 7.56. The van der Waals surface area contributed by atoms with Gasteiger partial charge in [0, 0.05) is 20.1 Å². The average molecular weight is 534 g/mol. The number of hydrogen-bond acceptors (Lipinski definition) is 4. The second-order valence-electron chi connectivity index (χ2n) is 7.02. The first kappa shape index (κ1) is 24.6. The summed E-state index contributed by atoms with van der Waals surface area (Å²) < 4.78 is 7.34. The average Bonchev–Trinajstić information content (AvgIpc) is 3.26. The lowest BCUT2D eigenvalue weighted by Crippen LogP contribution is -2.38. The van der Waals surface area contributed by atoms with Gasteiger partial charge >= 0.3 is 0 Å². The minimum atomic E-state index is 0. The van der Waals surface area contributed by atoms with Crippen molar-refractivity contribution in [3.05, 3.63) is 77.9 Å². The topological polar surface area (TPSA) is 67.6 Å². The molecule has 1 heterocycles. The number of hydrogen-bond donors (Lipinski definition) is 1. The smallest absolute Gasteiger partial charge is 0.194 e. The molecule has 31 heavy (non-hydrogen) atoms. The highest BCUT2D eigenvalue weighted by atomic mass is 127. The lowest BCUT2D eigenvalue weighted by atomic mass is 10.1. The molecule has 0 saturated heterocycles. The number of nitrogens with one attached hydrogen (secondary N) is 1. The zero-order valence-electron chi connectivity index (χ0n) is 18.4. The van der Waals surface area contributed by atoms with Gasteiger partial charge in [0.1, 0.15) is 18.4 Å². The van der Waals surface area contributed by atoms with Gasteiger partial charge in [-0.3, -0.25) is 0 Å². The third kappa shape index (κ3) is 7.86. The van der Waals surface area contributed by atoms with Crippen molar-refractivity contribution >= 4 is 29.9 Å². The highest BCUT2D eigenvalue weighted by Gasteiger charge is 2.07. The van der Waals surface area contributed by atoms with Crippen LogP contribution in [-0.2, 0) is 19.6 Å². The maximum absolute atomic E-state index is 5.52. The van der Waals surface area contributed by atoms with Crippen LogP contribution in [0.15, 0.2) is 66.2 Å². The fraction of sp³-hybridized carbons (Fsp3) is 0.348. The normalized spacial score (nSPS) is 11.0. The Morgan fingerprint density at radius 2 is 1.87 bits per heavy atom. The molecule has 0 spiro atoms. The van der Waals surface area contributed by atoms with E-state index in [9.17, 15) is 0 Å². The molecule has 0 radical (unpaired) electrons. The SMILES string of the molecule is CCNC(=NCc1cccc(Cn2cncn2)c1)N(C)Cc1ccc(OCC)cc1.I. The van der Waals surface area contributed by atoms with Crippen molar-refractivity contribution in [3.8, 4) is 5.75 Å². The number of nitrogens with zero attached hydrogens (tertiary/aromatic N) is 5. The molecule has 0 bridgehead atoms. The third-order valence-electron chi connectivity index (χ3n) is 4.56. The van der Waals surface area contributed by atoms with Crippen molar-refractivity contribution in [2.75, 3.05) is 20.2 Å². The van der Waals surface area contributed by atoms with Crippen LogP contribution in [0, 0.1) is 0 Å². The Labute approximate surface area is 201 Å². The largest absolute Gasteiger partial charge is 0.494 e. The quantitative estimate of drug-likeness (QED) is 0.256. The molecule has 166 valence electrons. The molecule has 0 aliphatic rings. The Morgan fingerprint density at radius 1 is 1.10 bits per heavy atom. The zero-order valence-corrected chi connectivity index (χ0v) is 20.7. The van der Waals surface area contributed by atoms with Crippen LogP contribution in [0.3, 0.4) is 0 Å². The number of aliphatic imine (C=N–C) groups is 1. The minimum absolute atomic E-state index is 0. The van der Waals surface area contributed by atoms with Gasteiger partial charge in [0.05, 0.1) is 19.7 Å². The first-order valence-electron chi connectivity index (χ1n) is 10.3. The van der Waals surface area contributed by atoms with Crippen LogP contribution in [-0.4, -0.2) is 45.8 Å². The summed E-state index contributed by atoms with van der Waals surface area (Å²) in [6.45, 7) is 7.65. The van der Waals surface area contributed by atoms with E-state index in [4.69, 9.17) is 9.73 Å². The van der Waals surface area contributed by atoms with Crippen LogP contribution in [0.5, 0.6) is 5.75 Å². The number of halogens is 1. The van der Waals surface area contributed by atoms with Gasteiger partial charge < -0.3 is 15.0 Å². The first-order chi connectivity index (χ1) is 14.7. The van der Waals surface area contributed by atoms with Gasteiger partial charge in [-0.25, -0.2) is 14.7 Å². The summed E-state index contributed by atoms with van der Waals surface area (Å²) >= 11 is 0. The summed E-state index contributed by atoms with van der Waals surface area (Å²) in [6.07, 6.45) is 3.28. The van der Waals surface area contributed by atoms with Gasteiger partial charge in [-0.1, -0.05) is 36.4 Å². The summed E-state index contributed by atoms with van der Waals surface area (Å²) in [6, 6.07) is 16.6. The molecular weight excluding hydrogens is 503 g/mol. The van der Waals surface area contributed by atoms with E-state index in [2.05, 4.69) is 70.7 Å². The molecule has 0 atom stereocenters. The lowest BCUT2D eigenvalue weighted by molar-refractivity contribution is 0.340. The molecule has 0 aliphatic heterocycles. The van der Waals surface area contributed by atoms with Crippen molar-refractivity contribution in [2.24, 2.45) is 4.99 Å². The first-order valence-corrected chi connectivity index (χ1v) is 10.3. The molecule has 1 aromatic heterocycles. The number of guanidine groups is 1. The Morgan fingerprint density at radius 3 is 2.55 bits per heavy atom. The fourth-order valence-corrected chi connectivity index (χ4v) is 3.17. The van der Waals surface area contributed by atoms with Crippen molar-refractivity contribution in [1.29, 1.82) is 0 Å². The molecule has 7 nitrogen and oxygen atoms in total. The second kappa shape index (κ2) is 12.9. The lowest BCUT2D eigenvalue weighted by Gasteiger charge is -2.22. The van der Waals surface area contributed by atoms with Crippen molar-refractivity contribution in [3.63, 3.8) is 0 Å². The standard InChI is InChI=1S/C23H30N6O.HI/c1-4-25-23(28(3)15-19-9-11-22(12-10-19)30-5-2)26-14-20-7-6-8-21(13-20)16-29-18-24-17-27-29;/h6-13,17-18H,4-5,14-16H2,1-3H3,(H,25,26);1H. The minimum Gasteiger partial charge on any atom is -0.494 e. The molecule has 0 aliphatic carbocycles. The molecule has 0 fully saturated rings. The van der Waals surface area contributed by atoms with Crippen molar-refractivity contribution < 1.29 is 4.74 Å². The number of aromatic nitrogens is 3. The van der Waals surface area contributed by atoms with E-state index in [1.54, 1.807) is 12.7 Å². The van der Waals surface area contributed by atoms with E-state index >= 15 is 0 Å². The molecule has 3 aromatic rings. The van der Waals surface area contributed by atoms with Gasteiger partial charge in [-0.2, -0.15) is 5.10 Å². The van der Waals surface area contributed by atoms with Gasteiger partial charge in [0.2, 0.25) is 0 Å². The van der Waals surface area contributed by atoms with E-state index in [1.807, 2.05) is 23.7 Å².